The Bertz CT molecular complexity index is 1470. The lowest BCUT2D eigenvalue weighted by Crippen LogP contribution is -2.40. The van der Waals surface area contributed by atoms with E-state index in [-0.39, 0.29) is 32.7 Å². The number of pyridine rings is 2. The zero-order valence-electron chi connectivity index (χ0n) is 20.4. The second-order valence-corrected chi connectivity index (χ2v) is 12.1. The molecule has 36 heavy (non-hydrogen) atoms. The molecular weight excluding hydrogens is 481 g/mol. The third-order valence-electron chi connectivity index (χ3n) is 6.96. The molecule has 2 aromatic heterocycles. The van der Waals surface area contributed by atoms with Crippen LogP contribution in [0.25, 0.3) is 0 Å². The van der Waals surface area contributed by atoms with Gasteiger partial charge in [-0.1, -0.05) is 19.1 Å². The number of anilines is 2. The Hall–Kier alpha value is -3.53. The fourth-order valence-corrected chi connectivity index (χ4v) is 6.82. The molecule has 4 heterocycles. The van der Waals surface area contributed by atoms with Crippen LogP contribution < -0.4 is 15.5 Å². The number of benzene rings is 1. The zero-order valence-corrected chi connectivity index (χ0v) is 21.2. The van der Waals surface area contributed by atoms with E-state index in [0.717, 1.165) is 17.5 Å². The number of carbonyl (C=O) groups is 1. The highest BCUT2D eigenvalue weighted by Crippen LogP contribution is 2.39. The zero-order chi connectivity index (χ0) is 25.8. The minimum Gasteiger partial charge on any atom is -0.365 e. The third kappa shape index (κ3) is 4.09. The topological polar surface area (TPSA) is 109 Å². The van der Waals surface area contributed by atoms with Crippen molar-refractivity contribution in [2.24, 2.45) is 11.7 Å². The number of carbonyl (C=O) groups excluding carboxylic acids is 1. The second kappa shape index (κ2) is 8.55. The second-order valence-electron chi connectivity index (χ2n) is 10.2. The predicted octanol–water partition coefficient (Wildman–Crippen LogP) is 3.69. The Morgan fingerprint density at radius 1 is 1.14 bits per heavy atom. The maximum absolute atomic E-state index is 13.8. The lowest BCUT2D eigenvalue weighted by molar-refractivity contribution is 0.0997. The van der Waals surface area contributed by atoms with E-state index in [1.54, 1.807) is 18.2 Å². The number of rotatable bonds is 5. The maximum Gasteiger partial charge on any atom is 0.253 e. The van der Waals surface area contributed by atoms with Crippen molar-refractivity contribution < 1.29 is 17.6 Å². The van der Waals surface area contributed by atoms with Crippen molar-refractivity contribution >= 4 is 27.4 Å². The number of halogens is 1. The average Bonchev–Trinajstić information content (AvgIpc) is 3.37. The van der Waals surface area contributed by atoms with Gasteiger partial charge in [-0.3, -0.25) is 4.79 Å². The minimum absolute atomic E-state index is 0.129. The van der Waals surface area contributed by atoms with Crippen LogP contribution in [0.3, 0.4) is 0 Å². The fourth-order valence-electron chi connectivity index (χ4n) is 5.42. The number of aromatic nitrogens is 2. The monoisotopic (exact) mass is 509 g/mol. The average molecular weight is 510 g/mol. The van der Waals surface area contributed by atoms with Gasteiger partial charge >= 0.3 is 0 Å². The molecule has 2 aliphatic rings. The predicted molar refractivity (Wildman–Crippen MR) is 134 cm³/mol. The largest absolute Gasteiger partial charge is 0.365 e. The highest BCUT2D eigenvalue weighted by atomic mass is 32.2. The number of fused-ring (bicyclic) bond motifs is 1. The molecule has 188 valence electrons. The van der Waals surface area contributed by atoms with Gasteiger partial charge < -0.3 is 15.5 Å². The van der Waals surface area contributed by atoms with E-state index in [4.69, 9.17) is 5.73 Å². The quantitative estimate of drug-likeness (QED) is 0.559. The molecular formula is C26H28FN5O3S. The normalized spacial score (nSPS) is 18.9. The molecule has 1 fully saturated rings. The van der Waals surface area contributed by atoms with E-state index >= 15 is 0 Å². The lowest BCUT2D eigenvalue weighted by Gasteiger charge is -2.33. The van der Waals surface area contributed by atoms with E-state index < -0.39 is 15.7 Å². The third-order valence-corrected chi connectivity index (χ3v) is 8.65. The van der Waals surface area contributed by atoms with Crippen LogP contribution in [0.1, 0.15) is 48.7 Å². The Labute approximate surface area is 209 Å². The lowest BCUT2D eigenvalue weighted by atomic mass is 9.97. The van der Waals surface area contributed by atoms with Crippen molar-refractivity contribution in [3.8, 4) is 0 Å². The van der Waals surface area contributed by atoms with E-state index in [1.807, 2.05) is 23.6 Å². The first-order chi connectivity index (χ1) is 17.0. The van der Waals surface area contributed by atoms with Crippen LogP contribution in [0.4, 0.5) is 16.0 Å². The van der Waals surface area contributed by atoms with Gasteiger partial charge in [0.15, 0.2) is 5.03 Å². The molecule has 1 aromatic carbocycles. The van der Waals surface area contributed by atoms with Crippen LogP contribution in [-0.2, 0) is 22.9 Å². The first-order valence-corrected chi connectivity index (χ1v) is 13.3. The molecule has 3 aromatic rings. The van der Waals surface area contributed by atoms with Gasteiger partial charge in [-0.15, -0.1) is 0 Å². The number of nitrogens with zero attached hydrogens (tertiary/aromatic N) is 4. The van der Waals surface area contributed by atoms with Gasteiger partial charge in [-0.25, -0.2) is 22.8 Å². The smallest absolute Gasteiger partial charge is 0.253 e. The summed E-state index contributed by atoms with van der Waals surface area (Å²) < 4.78 is 41.3. The van der Waals surface area contributed by atoms with E-state index in [2.05, 4.69) is 16.9 Å². The van der Waals surface area contributed by atoms with Gasteiger partial charge in [0.25, 0.3) is 5.91 Å². The van der Waals surface area contributed by atoms with Crippen LogP contribution in [0.5, 0.6) is 0 Å². The fraction of sp³-hybridized carbons (Fsp3) is 0.346. The molecule has 1 unspecified atom stereocenters. The maximum atomic E-state index is 13.8. The Kier molecular flexibility index (Phi) is 5.74. The molecule has 10 heteroatoms. The van der Waals surface area contributed by atoms with Crippen LogP contribution in [0.15, 0.2) is 58.6 Å². The molecule has 0 bridgehead atoms. The van der Waals surface area contributed by atoms with Gasteiger partial charge in [-0.05, 0) is 67.6 Å². The van der Waals surface area contributed by atoms with Crippen molar-refractivity contribution in [3.05, 3.63) is 71.2 Å². The molecule has 1 amide bonds. The SMILES string of the molecule is CC1CN(c2nccc(S(=O)(=O)c3cccc(N4Cc5ccc(F)cc5C4)n3)c2C(N)=O)C(C)(C)C1. The number of amides is 1. The summed E-state index contributed by atoms with van der Waals surface area (Å²) in [6.07, 6.45) is 2.26. The van der Waals surface area contributed by atoms with Crippen LogP contribution in [0, 0.1) is 11.7 Å². The Morgan fingerprint density at radius 2 is 1.89 bits per heavy atom. The van der Waals surface area contributed by atoms with Crippen LogP contribution in [-0.4, -0.2) is 36.4 Å². The standard InChI is InChI=1S/C26H28FN5O3S/c1-16-12-26(2,3)32(13-16)25-23(24(28)33)20(9-10-29-25)36(34,35)22-6-4-5-21(30-22)31-14-17-7-8-19(27)11-18(17)15-31/h4-11,16H,12-15H2,1-3H3,(H2,28,33). The van der Waals surface area contributed by atoms with E-state index in [1.165, 1.54) is 30.5 Å². The molecule has 2 N–H and O–H groups in total. The molecule has 5 rings (SSSR count). The molecule has 0 saturated carbocycles. The summed E-state index contributed by atoms with van der Waals surface area (Å²) in [5, 5.41) is -0.198. The van der Waals surface area contributed by atoms with Crippen molar-refractivity contribution in [1.82, 2.24) is 9.97 Å². The molecule has 0 spiro atoms. The van der Waals surface area contributed by atoms with Crippen molar-refractivity contribution in [1.29, 1.82) is 0 Å². The van der Waals surface area contributed by atoms with Gasteiger partial charge in [0, 0.05) is 31.4 Å². The molecule has 1 atom stereocenters. The van der Waals surface area contributed by atoms with Crippen LogP contribution >= 0.6 is 0 Å². The summed E-state index contributed by atoms with van der Waals surface area (Å²) in [4.78, 5) is 25.1. The number of nitrogens with two attached hydrogens (primary N) is 1. The number of primary amides is 1. The first-order valence-electron chi connectivity index (χ1n) is 11.8. The van der Waals surface area contributed by atoms with Crippen molar-refractivity contribution in [2.75, 3.05) is 16.3 Å². The molecule has 2 aliphatic heterocycles. The first kappa shape index (κ1) is 24.2. The van der Waals surface area contributed by atoms with Gasteiger partial charge in [0.2, 0.25) is 9.84 Å². The summed E-state index contributed by atoms with van der Waals surface area (Å²) in [6.45, 7) is 7.71. The highest BCUT2D eigenvalue weighted by molar-refractivity contribution is 7.91. The van der Waals surface area contributed by atoms with Gasteiger partial charge in [0.05, 0.1) is 4.90 Å². The molecule has 8 nitrogen and oxygen atoms in total. The van der Waals surface area contributed by atoms with Gasteiger partial charge in [0.1, 0.15) is 23.0 Å². The Balaban J connectivity index is 1.55. The Morgan fingerprint density at radius 3 is 2.58 bits per heavy atom. The summed E-state index contributed by atoms with van der Waals surface area (Å²) in [7, 11) is -4.21. The number of hydrogen-bond donors (Lipinski definition) is 1. The number of hydrogen-bond acceptors (Lipinski definition) is 7. The van der Waals surface area contributed by atoms with Crippen molar-refractivity contribution in [2.45, 2.75) is 55.7 Å². The molecule has 0 radical (unpaired) electrons. The van der Waals surface area contributed by atoms with E-state index in [0.29, 0.717) is 31.4 Å². The highest BCUT2D eigenvalue weighted by Gasteiger charge is 2.40. The number of sulfone groups is 1. The summed E-state index contributed by atoms with van der Waals surface area (Å²) in [6, 6.07) is 10.6. The minimum atomic E-state index is -4.21. The summed E-state index contributed by atoms with van der Waals surface area (Å²) >= 11 is 0. The summed E-state index contributed by atoms with van der Waals surface area (Å²) in [5.74, 6) is -0.120. The molecule has 0 aliphatic carbocycles. The summed E-state index contributed by atoms with van der Waals surface area (Å²) in [5.41, 5.74) is 7.09. The molecule has 1 saturated heterocycles. The van der Waals surface area contributed by atoms with Crippen LogP contribution in [0.2, 0.25) is 0 Å². The van der Waals surface area contributed by atoms with Crippen molar-refractivity contribution in [3.63, 3.8) is 0 Å². The van der Waals surface area contributed by atoms with E-state index in [9.17, 15) is 17.6 Å². The van der Waals surface area contributed by atoms with Gasteiger partial charge in [-0.2, -0.15) is 0 Å².